The summed E-state index contributed by atoms with van der Waals surface area (Å²) in [7, 11) is -3.83. The van der Waals surface area contributed by atoms with E-state index < -0.39 is 16.1 Å². The Bertz CT molecular complexity index is 906. The van der Waals surface area contributed by atoms with Gasteiger partial charge < -0.3 is 10.2 Å². The molecule has 3 rings (SSSR count). The van der Waals surface area contributed by atoms with Crippen LogP contribution < -0.4 is 14.9 Å². The third-order valence-corrected chi connectivity index (χ3v) is 7.40. The van der Waals surface area contributed by atoms with Crippen LogP contribution in [-0.4, -0.2) is 37.6 Å². The largest absolute Gasteiger partial charge is 0.372 e. The number of carbonyl (C=O) groups is 1. The van der Waals surface area contributed by atoms with Crippen molar-refractivity contribution in [2.45, 2.75) is 49.9 Å². The molecule has 0 saturated carbocycles. The van der Waals surface area contributed by atoms with Crippen LogP contribution in [0.1, 0.15) is 51.1 Å². The number of anilines is 2. The quantitative estimate of drug-likeness (QED) is 0.664. The third-order valence-electron chi connectivity index (χ3n) is 4.65. The molecule has 0 unspecified atom stereocenters. The SMILES string of the molecule is CCC(=O)Nc1nnc(S(=O)(=O)N[C@@H](C)c2ccc(N3CCCCC3)cc2)s1. The van der Waals surface area contributed by atoms with Gasteiger partial charge in [0, 0.05) is 31.2 Å². The Morgan fingerprint density at radius 1 is 1.18 bits per heavy atom. The molecule has 152 valence electrons. The maximum absolute atomic E-state index is 12.6. The van der Waals surface area contributed by atoms with Crippen LogP contribution in [-0.2, 0) is 14.8 Å². The highest BCUT2D eigenvalue weighted by atomic mass is 32.2. The van der Waals surface area contributed by atoms with Crippen molar-refractivity contribution in [3.63, 3.8) is 0 Å². The smallest absolute Gasteiger partial charge is 0.270 e. The van der Waals surface area contributed by atoms with E-state index in [4.69, 9.17) is 0 Å². The standard InChI is InChI=1S/C18H25N5O3S2/c1-3-16(24)19-17-20-21-18(27-17)28(25,26)22-13(2)14-7-9-15(10-8-14)23-11-5-4-6-12-23/h7-10,13,22H,3-6,11-12H2,1-2H3,(H,19,20,24)/t13-/m0/s1. The number of hydrogen-bond acceptors (Lipinski definition) is 7. The lowest BCUT2D eigenvalue weighted by Crippen LogP contribution is -2.29. The Labute approximate surface area is 169 Å². The molecule has 1 saturated heterocycles. The maximum Gasteiger partial charge on any atom is 0.270 e. The molecule has 8 nitrogen and oxygen atoms in total. The number of nitrogens with zero attached hydrogens (tertiary/aromatic N) is 3. The lowest BCUT2D eigenvalue weighted by molar-refractivity contribution is -0.115. The monoisotopic (exact) mass is 423 g/mol. The van der Waals surface area contributed by atoms with E-state index in [0.29, 0.717) is 0 Å². The Balaban J connectivity index is 1.65. The van der Waals surface area contributed by atoms with Gasteiger partial charge in [-0.05, 0) is 43.9 Å². The molecular weight excluding hydrogens is 398 g/mol. The number of amides is 1. The first kappa shape index (κ1) is 20.7. The van der Waals surface area contributed by atoms with Crippen molar-refractivity contribution in [2.24, 2.45) is 0 Å². The first-order valence-electron chi connectivity index (χ1n) is 9.39. The predicted molar refractivity (Wildman–Crippen MR) is 110 cm³/mol. The summed E-state index contributed by atoms with van der Waals surface area (Å²) in [5.74, 6) is -0.241. The second-order valence-electron chi connectivity index (χ2n) is 6.76. The van der Waals surface area contributed by atoms with Crippen LogP contribution in [0, 0.1) is 0 Å². The molecule has 2 aromatic rings. The van der Waals surface area contributed by atoms with E-state index >= 15 is 0 Å². The number of nitrogens with one attached hydrogen (secondary N) is 2. The summed E-state index contributed by atoms with van der Waals surface area (Å²) in [4.78, 5) is 13.8. The van der Waals surface area contributed by atoms with Crippen LogP contribution in [0.3, 0.4) is 0 Å². The minimum atomic E-state index is -3.83. The molecule has 0 spiro atoms. The van der Waals surface area contributed by atoms with E-state index in [0.717, 1.165) is 30.0 Å². The van der Waals surface area contributed by atoms with Gasteiger partial charge in [-0.3, -0.25) is 4.79 Å². The zero-order valence-electron chi connectivity index (χ0n) is 16.0. The highest BCUT2D eigenvalue weighted by molar-refractivity contribution is 7.91. The Morgan fingerprint density at radius 2 is 1.86 bits per heavy atom. The number of rotatable bonds is 7. The molecule has 2 heterocycles. The molecule has 1 atom stereocenters. The summed E-state index contributed by atoms with van der Waals surface area (Å²) in [6, 6.07) is 7.55. The van der Waals surface area contributed by atoms with Crippen LogP contribution in [0.15, 0.2) is 28.6 Å². The van der Waals surface area contributed by atoms with E-state index in [2.05, 4.69) is 25.1 Å². The van der Waals surface area contributed by atoms with Gasteiger partial charge in [0.1, 0.15) is 0 Å². The second kappa shape index (κ2) is 8.97. The molecule has 10 heteroatoms. The second-order valence-corrected chi connectivity index (χ2v) is 9.62. The molecule has 0 bridgehead atoms. The molecule has 1 aliphatic rings. The normalized spacial score (nSPS) is 16.0. The molecule has 1 amide bonds. The minimum Gasteiger partial charge on any atom is -0.372 e. The van der Waals surface area contributed by atoms with Crippen LogP contribution in [0.2, 0.25) is 0 Å². The predicted octanol–water partition coefficient (Wildman–Crippen LogP) is 2.92. The van der Waals surface area contributed by atoms with Crippen LogP contribution in [0.25, 0.3) is 0 Å². The van der Waals surface area contributed by atoms with E-state index in [1.165, 1.54) is 24.9 Å². The fourth-order valence-electron chi connectivity index (χ4n) is 3.05. The van der Waals surface area contributed by atoms with Gasteiger partial charge in [0.25, 0.3) is 10.0 Å². The molecule has 1 aliphatic heterocycles. The van der Waals surface area contributed by atoms with Gasteiger partial charge in [-0.15, -0.1) is 10.2 Å². The molecule has 1 fully saturated rings. The van der Waals surface area contributed by atoms with Crippen molar-refractivity contribution < 1.29 is 13.2 Å². The maximum atomic E-state index is 12.6. The number of carbonyl (C=O) groups excluding carboxylic acids is 1. The zero-order valence-corrected chi connectivity index (χ0v) is 17.6. The van der Waals surface area contributed by atoms with Crippen LogP contribution >= 0.6 is 11.3 Å². The average molecular weight is 424 g/mol. The van der Waals surface area contributed by atoms with Crippen molar-refractivity contribution in [1.82, 2.24) is 14.9 Å². The summed E-state index contributed by atoms with van der Waals surface area (Å²) < 4.78 is 27.6. The topological polar surface area (TPSA) is 104 Å². The van der Waals surface area contributed by atoms with Gasteiger partial charge in [0.2, 0.25) is 15.4 Å². The minimum absolute atomic E-state index is 0.171. The number of sulfonamides is 1. The van der Waals surface area contributed by atoms with E-state index in [1.807, 2.05) is 24.3 Å². The lowest BCUT2D eigenvalue weighted by atomic mass is 10.1. The van der Waals surface area contributed by atoms with Gasteiger partial charge in [-0.2, -0.15) is 0 Å². The molecule has 1 aromatic carbocycles. The van der Waals surface area contributed by atoms with Gasteiger partial charge in [0.05, 0.1) is 0 Å². The molecule has 28 heavy (non-hydrogen) atoms. The first-order chi connectivity index (χ1) is 13.4. The Kier molecular flexibility index (Phi) is 6.63. The summed E-state index contributed by atoms with van der Waals surface area (Å²) in [6.45, 7) is 5.62. The Hall–Kier alpha value is -2.04. The number of piperidine rings is 1. The van der Waals surface area contributed by atoms with Gasteiger partial charge in [-0.1, -0.05) is 30.4 Å². The van der Waals surface area contributed by atoms with Crippen molar-refractivity contribution in [2.75, 3.05) is 23.3 Å². The summed E-state index contributed by atoms with van der Waals surface area (Å²) in [6.07, 6.45) is 3.98. The highest BCUT2D eigenvalue weighted by Crippen LogP contribution is 2.25. The first-order valence-corrected chi connectivity index (χ1v) is 11.7. The van der Waals surface area contributed by atoms with E-state index in [9.17, 15) is 13.2 Å². The van der Waals surface area contributed by atoms with E-state index in [-0.39, 0.29) is 21.8 Å². The number of benzene rings is 1. The number of hydrogen-bond donors (Lipinski definition) is 2. The van der Waals surface area contributed by atoms with Gasteiger partial charge >= 0.3 is 0 Å². The van der Waals surface area contributed by atoms with Crippen LogP contribution in [0.5, 0.6) is 0 Å². The van der Waals surface area contributed by atoms with Crippen molar-refractivity contribution >= 4 is 38.1 Å². The lowest BCUT2D eigenvalue weighted by Gasteiger charge is -2.29. The van der Waals surface area contributed by atoms with Crippen LogP contribution in [0.4, 0.5) is 10.8 Å². The van der Waals surface area contributed by atoms with Crippen molar-refractivity contribution in [3.05, 3.63) is 29.8 Å². The average Bonchev–Trinajstić information content (AvgIpc) is 3.18. The third kappa shape index (κ3) is 5.06. The highest BCUT2D eigenvalue weighted by Gasteiger charge is 2.24. The molecule has 2 N–H and O–H groups in total. The fourth-order valence-corrected chi connectivity index (χ4v) is 5.22. The summed E-state index contributed by atoms with van der Waals surface area (Å²) in [5, 5.41) is 10.1. The molecule has 0 radical (unpaired) electrons. The summed E-state index contributed by atoms with van der Waals surface area (Å²) in [5.41, 5.74) is 2.03. The Morgan fingerprint density at radius 3 is 2.50 bits per heavy atom. The number of aromatic nitrogens is 2. The molecule has 1 aromatic heterocycles. The fraction of sp³-hybridized carbons (Fsp3) is 0.500. The summed E-state index contributed by atoms with van der Waals surface area (Å²) >= 11 is 0.831. The van der Waals surface area contributed by atoms with E-state index in [1.54, 1.807) is 13.8 Å². The van der Waals surface area contributed by atoms with Gasteiger partial charge in [0.15, 0.2) is 0 Å². The van der Waals surface area contributed by atoms with Crippen molar-refractivity contribution in [3.8, 4) is 0 Å². The molecular formula is C18H25N5O3S2. The van der Waals surface area contributed by atoms with Gasteiger partial charge in [-0.25, -0.2) is 13.1 Å². The van der Waals surface area contributed by atoms with Crippen molar-refractivity contribution in [1.29, 1.82) is 0 Å². The zero-order chi connectivity index (χ0) is 20.1. The molecule has 0 aliphatic carbocycles.